The molecule has 0 aromatic rings. The fourth-order valence-electron chi connectivity index (χ4n) is 0.429. The van der Waals surface area contributed by atoms with Crippen LogP contribution in [0.5, 0.6) is 0 Å². The number of nitrogens with two attached hydrogens (primary N) is 1. The first kappa shape index (κ1) is 7.05. The van der Waals surface area contributed by atoms with E-state index in [0.717, 1.165) is 4.48 Å². The van der Waals surface area contributed by atoms with E-state index in [-0.39, 0.29) is 6.17 Å². The molecule has 1 aliphatic heterocycles. The van der Waals surface area contributed by atoms with Gasteiger partial charge in [-0.15, -0.1) is 0 Å². The fraction of sp³-hybridized carbons (Fsp3) is 0.250. The van der Waals surface area contributed by atoms with Crippen LogP contribution in [0.1, 0.15) is 0 Å². The molecule has 0 bridgehead atoms. The highest BCUT2D eigenvalue weighted by Gasteiger charge is 2.09. The number of hydrazone groups is 1. The van der Waals surface area contributed by atoms with E-state index in [0.29, 0.717) is 5.17 Å². The summed E-state index contributed by atoms with van der Waals surface area (Å²) in [6.07, 6.45) is 1.40. The van der Waals surface area contributed by atoms with E-state index in [1.165, 1.54) is 0 Å². The maximum absolute atomic E-state index is 5.50. The molecule has 0 aliphatic carbocycles. The zero-order valence-corrected chi connectivity index (χ0v) is 6.78. The van der Waals surface area contributed by atoms with Gasteiger partial charge in [0, 0.05) is 4.48 Å². The third kappa shape index (κ3) is 1.67. The summed E-state index contributed by atoms with van der Waals surface area (Å²) in [5, 5.41) is 4.07. The van der Waals surface area contributed by atoms with Gasteiger partial charge in [-0.2, -0.15) is 5.10 Å². The first-order valence-electron chi connectivity index (χ1n) is 2.31. The van der Waals surface area contributed by atoms with Crippen molar-refractivity contribution in [3.63, 3.8) is 0 Å². The van der Waals surface area contributed by atoms with E-state index >= 15 is 0 Å². The van der Waals surface area contributed by atoms with Crippen LogP contribution in [-0.4, -0.2) is 11.3 Å². The van der Waals surface area contributed by atoms with Crippen molar-refractivity contribution >= 4 is 32.7 Å². The lowest BCUT2D eigenvalue weighted by Gasteiger charge is -2.13. The van der Waals surface area contributed by atoms with Crippen LogP contribution in [0.25, 0.3) is 0 Å². The molecule has 0 fully saturated rings. The van der Waals surface area contributed by atoms with Crippen LogP contribution in [0.2, 0.25) is 0 Å². The topological polar surface area (TPSA) is 50.4 Å². The normalized spacial score (nSPS) is 26.3. The maximum Gasteiger partial charge on any atom is 0.149 e. The summed E-state index contributed by atoms with van der Waals surface area (Å²) in [7, 11) is 0. The minimum absolute atomic E-state index is 0.257. The molecule has 1 heterocycles. The van der Waals surface area contributed by atoms with Crippen molar-refractivity contribution in [3.8, 4) is 0 Å². The molecule has 0 spiro atoms. The van der Waals surface area contributed by atoms with E-state index in [1.807, 2.05) is 0 Å². The molecular weight excluding hydrogens is 205 g/mol. The van der Waals surface area contributed by atoms with Crippen LogP contribution in [0.4, 0.5) is 0 Å². The molecule has 0 saturated carbocycles. The summed E-state index contributed by atoms with van der Waals surface area (Å²) in [6, 6.07) is 0. The molecule has 0 saturated heterocycles. The van der Waals surface area contributed by atoms with E-state index in [9.17, 15) is 0 Å². The molecule has 0 radical (unpaired) electrons. The van der Waals surface area contributed by atoms with E-state index in [1.54, 1.807) is 6.08 Å². The number of hydrogen-bond donors (Lipinski definition) is 2. The number of nitrogens with zero attached hydrogens (tertiary/aromatic N) is 1. The second kappa shape index (κ2) is 2.68. The lowest BCUT2D eigenvalue weighted by molar-refractivity contribution is 0.636. The quantitative estimate of drug-likeness (QED) is 0.619. The summed E-state index contributed by atoms with van der Waals surface area (Å²) in [5.41, 5.74) is 8.05. The van der Waals surface area contributed by atoms with Crippen LogP contribution in [0.3, 0.4) is 0 Å². The van der Waals surface area contributed by atoms with Crippen LogP contribution in [0, 0.1) is 0 Å². The standard InChI is InChI=1S/C4H5BrClN3/c5-2-1-3(6)8-9-4(2)7/h1,4,9H,7H2. The van der Waals surface area contributed by atoms with E-state index < -0.39 is 0 Å². The van der Waals surface area contributed by atoms with Crippen molar-refractivity contribution in [2.24, 2.45) is 10.8 Å². The van der Waals surface area contributed by atoms with Gasteiger partial charge in [0.1, 0.15) is 11.3 Å². The summed E-state index contributed by atoms with van der Waals surface area (Å²) >= 11 is 8.70. The highest BCUT2D eigenvalue weighted by atomic mass is 79.9. The molecule has 3 N–H and O–H groups in total. The van der Waals surface area contributed by atoms with Gasteiger partial charge in [-0.25, -0.2) is 0 Å². The molecule has 9 heavy (non-hydrogen) atoms. The Morgan fingerprint density at radius 1 is 1.89 bits per heavy atom. The molecule has 0 amide bonds. The highest BCUT2D eigenvalue weighted by molar-refractivity contribution is 9.11. The predicted molar refractivity (Wildman–Crippen MR) is 41.4 cm³/mol. The number of halogens is 2. The van der Waals surface area contributed by atoms with Gasteiger partial charge < -0.3 is 5.73 Å². The Morgan fingerprint density at radius 3 is 3.00 bits per heavy atom. The number of hydrogen-bond acceptors (Lipinski definition) is 3. The Morgan fingerprint density at radius 2 is 2.56 bits per heavy atom. The Bertz CT molecular complexity index is 177. The van der Waals surface area contributed by atoms with Gasteiger partial charge in [0.05, 0.1) is 0 Å². The SMILES string of the molecule is NC1NN=C(Cl)C=C1Br. The van der Waals surface area contributed by atoms with E-state index in [4.69, 9.17) is 17.3 Å². The zero-order valence-electron chi connectivity index (χ0n) is 4.44. The maximum atomic E-state index is 5.50. The van der Waals surface area contributed by atoms with Crippen LogP contribution >= 0.6 is 27.5 Å². The third-order valence-corrected chi connectivity index (χ3v) is 1.78. The van der Waals surface area contributed by atoms with Gasteiger partial charge in [-0.1, -0.05) is 27.5 Å². The summed E-state index contributed by atoms with van der Waals surface area (Å²) in [5.74, 6) is 0. The molecule has 3 nitrogen and oxygen atoms in total. The van der Waals surface area contributed by atoms with Gasteiger partial charge in [0.15, 0.2) is 0 Å². The second-order valence-electron chi connectivity index (χ2n) is 1.57. The lowest BCUT2D eigenvalue weighted by atomic mass is 10.4. The molecule has 50 valence electrons. The molecule has 1 aliphatic rings. The van der Waals surface area contributed by atoms with Crippen molar-refractivity contribution in [2.45, 2.75) is 6.17 Å². The van der Waals surface area contributed by atoms with E-state index in [2.05, 4.69) is 26.5 Å². The molecular formula is C4H5BrClN3. The monoisotopic (exact) mass is 209 g/mol. The molecule has 0 aromatic carbocycles. The Hall–Kier alpha value is -0.0600. The Kier molecular flexibility index (Phi) is 2.10. The largest absolute Gasteiger partial charge is 0.306 e. The zero-order chi connectivity index (χ0) is 6.85. The van der Waals surface area contributed by atoms with Crippen molar-refractivity contribution in [1.29, 1.82) is 0 Å². The average molecular weight is 210 g/mol. The summed E-state index contributed by atoms with van der Waals surface area (Å²) in [4.78, 5) is 0. The summed E-state index contributed by atoms with van der Waals surface area (Å²) < 4.78 is 0.808. The predicted octanol–water partition coefficient (Wildman–Crippen LogP) is 0.706. The first-order valence-corrected chi connectivity index (χ1v) is 3.48. The van der Waals surface area contributed by atoms with Gasteiger partial charge >= 0.3 is 0 Å². The minimum Gasteiger partial charge on any atom is -0.306 e. The molecule has 1 unspecified atom stereocenters. The fourth-order valence-corrected chi connectivity index (χ4v) is 1.05. The van der Waals surface area contributed by atoms with Crippen molar-refractivity contribution in [3.05, 3.63) is 10.6 Å². The Labute approximate surface area is 66.1 Å². The average Bonchev–Trinajstić information content (AvgIpc) is 1.80. The number of allylic oxidation sites excluding steroid dienone is 1. The Balaban J connectivity index is 2.74. The number of nitrogens with one attached hydrogen (secondary N) is 1. The first-order chi connectivity index (χ1) is 4.20. The molecule has 1 atom stereocenters. The van der Waals surface area contributed by atoms with Crippen molar-refractivity contribution in [2.75, 3.05) is 0 Å². The number of rotatable bonds is 0. The van der Waals surface area contributed by atoms with Gasteiger partial charge in [0.25, 0.3) is 0 Å². The molecule has 1 rings (SSSR count). The molecule has 0 aromatic heterocycles. The lowest BCUT2D eigenvalue weighted by Crippen LogP contribution is -2.36. The van der Waals surface area contributed by atoms with Crippen LogP contribution in [0.15, 0.2) is 15.7 Å². The van der Waals surface area contributed by atoms with Crippen LogP contribution < -0.4 is 11.2 Å². The smallest absolute Gasteiger partial charge is 0.149 e. The van der Waals surface area contributed by atoms with Crippen LogP contribution in [-0.2, 0) is 0 Å². The highest BCUT2D eigenvalue weighted by Crippen LogP contribution is 2.11. The molecule has 5 heteroatoms. The third-order valence-electron chi connectivity index (χ3n) is 0.865. The minimum atomic E-state index is -0.257. The van der Waals surface area contributed by atoms with Crippen molar-refractivity contribution < 1.29 is 0 Å². The summed E-state index contributed by atoms with van der Waals surface area (Å²) in [6.45, 7) is 0. The van der Waals surface area contributed by atoms with Crippen molar-refractivity contribution in [1.82, 2.24) is 5.43 Å². The van der Waals surface area contributed by atoms with Gasteiger partial charge in [-0.05, 0) is 6.08 Å². The van der Waals surface area contributed by atoms with Gasteiger partial charge in [-0.3, -0.25) is 5.43 Å². The van der Waals surface area contributed by atoms with Gasteiger partial charge in [0.2, 0.25) is 0 Å². The second-order valence-corrected chi connectivity index (χ2v) is 2.87.